The van der Waals surface area contributed by atoms with Crippen molar-refractivity contribution < 1.29 is 17.9 Å². The molecule has 2 rings (SSSR count). The van der Waals surface area contributed by atoms with Crippen molar-refractivity contribution >= 4 is 5.95 Å². The van der Waals surface area contributed by atoms with Crippen LogP contribution in [0.2, 0.25) is 0 Å². The van der Waals surface area contributed by atoms with Crippen LogP contribution in [0.15, 0.2) is 12.1 Å². The fourth-order valence-electron chi connectivity index (χ4n) is 1.48. The molecule has 1 heterocycles. The van der Waals surface area contributed by atoms with Crippen LogP contribution in [0.5, 0.6) is 6.01 Å². The largest absolute Gasteiger partial charge is 0.464 e. The zero-order valence-corrected chi connectivity index (χ0v) is 10.7. The molecule has 8 heteroatoms. The first kappa shape index (κ1) is 14.0. The minimum Gasteiger partial charge on any atom is -0.464 e. The number of aromatic nitrogens is 3. The third-order valence-corrected chi connectivity index (χ3v) is 2.39. The van der Waals surface area contributed by atoms with Gasteiger partial charge in [0.25, 0.3) is 0 Å². The molecule has 0 radical (unpaired) electrons. The summed E-state index contributed by atoms with van der Waals surface area (Å²) in [6, 6.07) is 1.82. The predicted octanol–water partition coefficient (Wildman–Crippen LogP) is 2.40. The monoisotopic (exact) mass is 284 g/mol. The lowest BCUT2D eigenvalue weighted by Gasteiger charge is -2.08. The van der Waals surface area contributed by atoms with Gasteiger partial charge in [0.1, 0.15) is 0 Å². The molecule has 1 N–H and O–H groups in total. The Morgan fingerprint density at radius 3 is 2.50 bits per heavy atom. The lowest BCUT2D eigenvalue weighted by Crippen LogP contribution is -2.06. The topological polar surface area (TPSA) is 59.9 Å². The van der Waals surface area contributed by atoms with E-state index >= 15 is 0 Å². The van der Waals surface area contributed by atoms with Gasteiger partial charge >= 0.3 is 6.01 Å². The van der Waals surface area contributed by atoms with Crippen LogP contribution in [-0.4, -0.2) is 28.6 Å². The van der Waals surface area contributed by atoms with Gasteiger partial charge in [-0.1, -0.05) is 0 Å². The summed E-state index contributed by atoms with van der Waals surface area (Å²) in [6.07, 6.45) is 0. The second-order valence-electron chi connectivity index (χ2n) is 3.67. The molecule has 0 unspecified atom stereocenters. The van der Waals surface area contributed by atoms with E-state index in [1.807, 2.05) is 0 Å². The van der Waals surface area contributed by atoms with E-state index in [2.05, 4.69) is 20.3 Å². The molecule has 0 bridgehead atoms. The van der Waals surface area contributed by atoms with Crippen molar-refractivity contribution in [3.05, 3.63) is 29.6 Å². The van der Waals surface area contributed by atoms with Crippen molar-refractivity contribution in [2.45, 2.75) is 6.92 Å². The van der Waals surface area contributed by atoms with Crippen LogP contribution >= 0.6 is 0 Å². The van der Waals surface area contributed by atoms with Gasteiger partial charge in [-0.25, -0.2) is 13.2 Å². The van der Waals surface area contributed by atoms with Crippen molar-refractivity contribution in [3.63, 3.8) is 0 Å². The first-order valence-electron chi connectivity index (χ1n) is 5.77. The minimum absolute atomic E-state index is 0.0361. The molecule has 2 aromatic rings. The number of benzene rings is 1. The first-order valence-corrected chi connectivity index (χ1v) is 5.77. The Balaban J connectivity index is 2.57. The molecule has 106 valence electrons. The van der Waals surface area contributed by atoms with Gasteiger partial charge in [0.05, 0.1) is 12.2 Å². The maximum absolute atomic E-state index is 13.7. The Hall–Kier alpha value is -2.38. The molecular formula is C12H11F3N4O. The highest BCUT2D eigenvalue weighted by atomic mass is 19.2. The summed E-state index contributed by atoms with van der Waals surface area (Å²) in [5.41, 5.74) is -0.274. The Morgan fingerprint density at radius 1 is 1.10 bits per heavy atom. The third kappa shape index (κ3) is 2.63. The van der Waals surface area contributed by atoms with E-state index in [-0.39, 0.29) is 23.3 Å². The summed E-state index contributed by atoms with van der Waals surface area (Å²) in [7, 11) is 1.55. The van der Waals surface area contributed by atoms with Crippen LogP contribution in [0.3, 0.4) is 0 Å². The number of anilines is 1. The van der Waals surface area contributed by atoms with E-state index in [4.69, 9.17) is 4.74 Å². The third-order valence-electron chi connectivity index (χ3n) is 2.39. The highest BCUT2D eigenvalue weighted by Gasteiger charge is 2.18. The fraction of sp³-hybridized carbons (Fsp3) is 0.250. The molecule has 0 saturated heterocycles. The van der Waals surface area contributed by atoms with E-state index in [0.717, 1.165) is 12.1 Å². The zero-order chi connectivity index (χ0) is 14.7. The maximum atomic E-state index is 13.7. The number of nitrogens with one attached hydrogen (secondary N) is 1. The Labute approximate surface area is 112 Å². The van der Waals surface area contributed by atoms with E-state index in [1.165, 1.54) is 0 Å². The van der Waals surface area contributed by atoms with Crippen molar-refractivity contribution in [2.75, 3.05) is 19.0 Å². The Bertz CT molecular complexity index is 636. The fourth-order valence-corrected chi connectivity index (χ4v) is 1.48. The summed E-state index contributed by atoms with van der Waals surface area (Å²) in [6.45, 7) is 2.02. The van der Waals surface area contributed by atoms with Crippen molar-refractivity contribution in [1.82, 2.24) is 15.0 Å². The highest BCUT2D eigenvalue weighted by Crippen LogP contribution is 2.24. The molecule has 1 aromatic carbocycles. The van der Waals surface area contributed by atoms with Gasteiger partial charge in [0, 0.05) is 7.05 Å². The highest BCUT2D eigenvalue weighted by molar-refractivity contribution is 5.57. The van der Waals surface area contributed by atoms with E-state index in [0.29, 0.717) is 6.61 Å². The van der Waals surface area contributed by atoms with Gasteiger partial charge in [-0.2, -0.15) is 15.0 Å². The molecule has 0 spiro atoms. The molecule has 0 atom stereocenters. The molecule has 0 amide bonds. The second kappa shape index (κ2) is 5.72. The van der Waals surface area contributed by atoms with Crippen molar-refractivity contribution in [3.8, 4) is 17.4 Å². The van der Waals surface area contributed by atoms with Gasteiger partial charge in [0.2, 0.25) is 5.95 Å². The lowest BCUT2D eigenvalue weighted by atomic mass is 10.2. The lowest BCUT2D eigenvalue weighted by molar-refractivity contribution is 0.312. The average molecular weight is 284 g/mol. The van der Waals surface area contributed by atoms with Crippen LogP contribution in [-0.2, 0) is 0 Å². The second-order valence-corrected chi connectivity index (χ2v) is 3.67. The molecule has 0 aliphatic rings. The SMILES string of the molecule is CCOc1nc(NC)nc(-c2ccc(F)c(F)c2F)n1. The molecule has 0 fully saturated rings. The maximum Gasteiger partial charge on any atom is 0.321 e. The van der Waals surface area contributed by atoms with Gasteiger partial charge in [-0.15, -0.1) is 0 Å². The number of rotatable bonds is 4. The van der Waals surface area contributed by atoms with E-state index < -0.39 is 17.5 Å². The van der Waals surface area contributed by atoms with E-state index in [1.54, 1.807) is 14.0 Å². The average Bonchev–Trinajstić information content (AvgIpc) is 2.45. The summed E-state index contributed by atoms with van der Waals surface area (Å²) >= 11 is 0. The smallest absolute Gasteiger partial charge is 0.321 e. The van der Waals surface area contributed by atoms with Crippen LogP contribution < -0.4 is 10.1 Å². The summed E-state index contributed by atoms with van der Waals surface area (Å²) < 4.78 is 45.0. The molecule has 0 aliphatic carbocycles. The predicted molar refractivity (Wildman–Crippen MR) is 65.9 cm³/mol. The standard InChI is InChI=1S/C12H11F3N4O/c1-3-20-12-18-10(17-11(16-2)19-12)6-4-5-7(13)9(15)8(6)14/h4-5H,3H2,1-2H3,(H,16,17,18,19). The molecule has 0 saturated carbocycles. The van der Waals surface area contributed by atoms with Crippen LogP contribution in [0, 0.1) is 17.5 Å². The van der Waals surface area contributed by atoms with Crippen LogP contribution in [0.4, 0.5) is 19.1 Å². The van der Waals surface area contributed by atoms with Crippen LogP contribution in [0.1, 0.15) is 6.92 Å². The normalized spacial score (nSPS) is 10.4. The van der Waals surface area contributed by atoms with Gasteiger partial charge in [-0.05, 0) is 19.1 Å². The van der Waals surface area contributed by atoms with Crippen molar-refractivity contribution in [2.24, 2.45) is 0 Å². The Kier molecular flexibility index (Phi) is 4.02. The zero-order valence-electron chi connectivity index (χ0n) is 10.7. The van der Waals surface area contributed by atoms with Gasteiger partial charge in [-0.3, -0.25) is 0 Å². The molecule has 1 aromatic heterocycles. The molecule has 20 heavy (non-hydrogen) atoms. The number of halogens is 3. The number of ether oxygens (including phenoxy) is 1. The Morgan fingerprint density at radius 2 is 1.85 bits per heavy atom. The summed E-state index contributed by atoms with van der Waals surface area (Å²) in [4.78, 5) is 11.6. The molecule has 5 nitrogen and oxygen atoms in total. The quantitative estimate of drug-likeness (QED) is 0.874. The summed E-state index contributed by atoms with van der Waals surface area (Å²) in [5, 5.41) is 2.65. The number of hydrogen-bond acceptors (Lipinski definition) is 5. The summed E-state index contributed by atoms with van der Waals surface area (Å²) in [5.74, 6) is -4.24. The first-order chi connectivity index (χ1) is 9.56. The van der Waals surface area contributed by atoms with Gasteiger partial charge < -0.3 is 10.1 Å². The minimum atomic E-state index is -1.58. The molecule has 0 aliphatic heterocycles. The number of hydrogen-bond donors (Lipinski definition) is 1. The van der Waals surface area contributed by atoms with Crippen LogP contribution in [0.25, 0.3) is 11.4 Å². The van der Waals surface area contributed by atoms with Crippen molar-refractivity contribution in [1.29, 1.82) is 0 Å². The molecular weight excluding hydrogens is 273 g/mol. The number of nitrogens with zero attached hydrogens (tertiary/aromatic N) is 3. The van der Waals surface area contributed by atoms with E-state index in [9.17, 15) is 13.2 Å². The van der Waals surface area contributed by atoms with Gasteiger partial charge in [0.15, 0.2) is 23.3 Å².